The van der Waals surface area contributed by atoms with E-state index in [4.69, 9.17) is 16.3 Å². The van der Waals surface area contributed by atoms with Gasteiger partial charge in [-0.05, 0) is 19.1 Å². The molecule has 1 amide bonds. The Hall–Kier alpha value is -2.32. The van der Waals surface area contributed by atoms with Crippen LogP contribution in [-0.4, -0.2) is 42.6 Å². The van der Waals surface area contributed by atoms with Gasteiger partial charge in [0.05, 0.1) is 7.11 Å². The van der Waals surface area contributed by atoms with Gasteiger partial charge in [0.25, 0.3) is 0 Å². The van der Waals surface area contributed by atoms with Crippen molar-refractivity contribution < 1.29 is 19.1 Å². The van der Waals surface area contributed by atoms with E-state index < -0.39 is 16.7 Å². The molecule has 6 heteroatoms. The Kier molecular flexibility index (Phi) is 5.53. The smallest absolute Gasteiger partial charge is 0.227 e. The third-order valence-corrected chi connectivity index (χ3v) is 5.91. The van der Waals surface area contributed by atoms with Gasteiger partial charge in [0, 0.05) is 52.9 Å². The Labute approximate surface area is 176 Å². The van der Waals surface area contributed by atoms with Gasteiger partial charge in [0.15, 0.2) is 0 Å². The van der Waals surface area contributed by atoms with E-state index in [0.717, 1.165) is 0 Å². The van der Waals surface area contributed by atoms with Crippen molar-refractivity contribution in [2.45, 2.75) is 46.5 Å². The molecule has 1 heterocycles. The number of rotatable bonds is 2. The summed E-state index contributed by atoms with van der Waals surface area (Å²) in [6.45, 7) is 8.22. The van der Waals surface area contributed by atoms with Gasteiger partial charge < -0.3 is 9.64 Å². The minimum atomic E-state index is -0.931. The number of halogens is 1. The Bertz CT molecular complexity index is 922. The van der Waals surface area contributed by atoms with Crippen molar-refractivity contribution >= 4 is 29.1 Å². The summed E-state index contributed by atoms with van der Waals surface area (Å²) >= 11 is 6.44. The van der Waals surface area contributed by atoms with Crippen LogP contribution in [0.3, 0.4) is 0 Å². The summed E-state index contributed by atoms with van der Waals surface area (Å²) in [6, 6.07) is 3.36. The Morgan fingerprint density at radius 3 is 2.28 bits per heavy atom. The molecule has 1 saturated heterocycles. The molecule has 1 spiro atoms. The van der Waals surface area contributed by atoms with Gasteiger partial charge in [-0.2, -0.15) is 0 Å². The van der Waals surface area contributed by atoms with Crippen LogP contribution in [0.25, 0.3) is 0 Å². The summed E-state index contributed by atoms with van der Waals surface area (Å²) in [6.07, 6.45) is 0.515. The zero-order chi connectivity index (χ0) is 21.6. The molecule has 1 aromatic rings. The standard InChI is InChI=1S/C23H26ClNO4/c1-6-7-14-8-15(24)19(18(9-14)29-5)20-16(26)10-23(11-17(20)27)12-25(13-23)21(28)22(2,3)4/h8-9,20H,10-13H2,1-5H3. The van der Waals surface area contributed by atoms with Crippen LogP contribution in [0.1, 0.15) is 57.6 Å². The SMILES string of the molecule is CC#Cc1cc(Cl)c(C2C(=O)CC3(CC2=O)CN(C(=O)C(C)(C)C)C3)c(OC)c1. The number of amides is 1. The van der Waals surface area contributed by atoms with Crippen molar-refractivity contribution in [3.8, 4) is 17.6 Å². The highest BCUT2D eigenvalue weighted by Gasteiger charge is 2.54. The summed E-state index contributed by atoms with van der Waals surface area (Å²) in [7, 11) is 1.49. The fourth-order valence-corrected chi connectivity index (χ4v) is 4.69. The highest BCUT2D eigenvalue weighted by molar-refractivity contribution is 6.32. The van der Waals surface area contributed by atoms with Crippen LogP contribution < -0.4 is 4.74 Å². The number of Topliss-reactive ketones (excluding diaryl/α,β-unsaturated/α-hetero) is 2. The molecule has 154 valence electrons. The van der Waals surface area contributed by atoms with Crippen molar-refractivity contribution in [3.63, 3.8) is 0 Å². The van der Waals surface area contributed by atoms with E-state index in [1.807, 2.05) is 20.8 Å². The Morgan fingerprint density at radius 2 is 1.79 bits per heavy atom. The monoisotopic (exact) mass is 415 g/mol. The molecule has 2 aliphatic rings. The van der Waals surface area contributed by atoms with Gasteiger partial charge >= 0.3 is 0 Å². The predicted octanol–water partition coefficient (Wildman–Crippen LogP) is 3.61. The maximum Gasteiger partial charge on any atom is 0.227 e. The number of carbonyl (C=O) groups excluding carboxylic acids is 3. The number of hydrogen-bond donors (Lipinski definition) is 0. The van der Waals surface area contributed by atoms with E-state index in [1.54, 1.807) is 24.0 Å². The number of nitrogens with zero attached hydrogens (tertiary/aromatic N) is 1. The highest BCUT2D eigenvalue weighted by atomic mass is 35.5. The van der Waals surface area contributed by atoms with E-state index in [-0.39, 0.29) is 30.3 Å². The molecular formula is C23H26ClNO4. The molecule has 1 aromatic carbocycles. The summed E-state index contributed by atoms with van der Waals surface area (Å²) in [4.78, 5) is 40.3. The second-order valence-electron chi connectivity index (χ2n) is 9.08. The van der Waals surface area contributed by atoms with Gasteiger partial charge in [0.1, 0.15) is 23.2 Å². The number of carbonyl (C=O) groups is 3. The first kappa shape index (κ1) is 21.4. The molecule has 5 nitrogen and oxygen atoms in total. The first-order valence-electron chi connectivity index (χ1n) is 9.66. The van der Waals surface area contributed by atoms with Crippen molar-refractivity contribution in [3.05, 3.63) is 28.3 Å². The zero-order valence-corrected chi connectivity index (χ0v) is 18.3. The Balaban J connectivity index is 1.84. The van der Waals surface area contributed by atoms with Crippen molar-refractivity contribution in [2.24, 2.45) is 10.8 Å². The topological polar surface area (TPSA) is 63.7 Å². The van der Waals surface area contributed by atoms with Gasteiger partial charge in [-0.1, -0.05) is 38.3 Å². The summed E-state index contributed by atoms with van der Waals surface area (Å²) in [5, 5.41) is 0.308. The van der Waals surface area contributed by atoms with Crippen molar-refractivity contribution in [2.75, 3.05) is 20.2 Å². The number of ketones is 2. The fraction of sp³-hybridized carbons (Fsp3) is 0.522. The van der Waals surface area contributed by atoms with Gasteiger partial charge in [0.2, 0.25) is 5.91 Å². The largest absolute Gasteiger partial charge is 0.496 e. The van der Waals surface area contributed by atoms with E-state index >= 15 is 0 Å². The molecule has 0 atom stereocenters. The van der Waals surface area contributed by atoms with Gasteiger partial charge in [-0.3, -0.25) is 14.4 Å². The Morgan fingerprint density at radius 1 is 1.21 bits per heavy atom. The van der Waals surface area contributed by atoms with Crippen LogP contribution in [0.2, 0.25) is 5.02 Å². The van der Waals surface area contributed by atoms with Crippen molar-refractivity contribution in [1.29, 1.82) is 0 Å². The van der Waals surface area contributed by atoms with Crippen LogP contribution in [-0.2, 0) is 14.4 Å². The first-order chi connectivity index (χ1) is 13.5. The molecule has 2 fully saturated rings. The second-order valence-corrected chi connectivity index (χ2v) is 9.49. The zero-order valence-electron chi connectivity index (χ0n) is 17.5. The van der Waals surface area contributed by atoms with Crippen LogP contribution >= 0.6 is 11.6 Å². The van der Waals surface area contributed by atoms with Gasteiger partial charge in [-0.15, -0.1) is 5.92 Å². The van der Waals surface area contributed by atoms with E-state index in [0.29, 0.717) is 35.0 Å². The average molecular weight is 416 g/mol. The number of hydrogen-bond acceptors (Lipinski definition) is 4. The second kappa shape index (κ2) is 7.50. The first-order valence-corrected chi connectivity index (χ1v) is 10.0. The molecule has 1 aliphatic heterocycles. The van der Waals surface area contributed by atoms with Crippen LogP contribution in [0.15, 0.2) is 12.1 Å². The van der Waals surface area contributed by atoms with Crippen LogP contribution in [0.5, 0.6) is 5.75 Å². The lowest BCUT2D eigenvalue weighted by Crippen LogP contribution is -2.63. The third-order valence-electron chi connectivity index (χ3n) is 5.59. The van der Waals surface area contributed by atoms with Crippen LogP contribution in [0.4, 0.5) is 0 Å². The van der Waals surface area contributed by atoms with Crippen LogP contribution in [0, 0.1) is 22.7 Å². The van der Waals surface area contributed by atoms with Gasteiger partial charge in [-0.25, -0.2) is 0 Å². The molecular weight excluding hydrogens is 390 g/mol. The number of benzene rings is 1. The number of likely N-dealkylation sites (tertiary alicyclic amines) is 1. The molecule has 0 aromatic heterocycles. The molecule has 1 saturated carbocycles. The summed E-state index contributed by atoms with van der Waals surface area (Å²) in [5.41, 5.74) is 0.165. The maximum absolute atomic E-state index is 13.1. The lowest BCUT2D eigenvalue weighted by molar-refractivity contribution is -0.160. The van der Waals surface area contributed by atoms with Crippen molar-refractivity contribution in [1.82, 2.24) is 4.90 Å². The lowest BCUT2D eigenvalue weighted by atomic mass is 9.63. The summed E-state index contributed by atoms with van der Waals surface area (Å²) < 4.78 is 5.43. The lowest BCUT2D eigenvalue weighted by Gasteiger charge is -2.53. The molecule has 0 radical (unpaired) electrons. The minimum Gasteiger partial charge on any atom is -0.496 e. The normalized spacial score (nSPS) is 18.9. The molecule has 29 heavy (non-hydrogen) atoms. The molecule has 0 unspecified atom stereocenters. The average Bonchev–Trinajstić information content (AvgIpc) is 2.59. The quantitative estimate of drug-likeness (QED) is 0.546. The predicted molar refractivity (Wildman–Crippen MR) is 111 cm³/mol. The number of ether oxygens (including phenoxy) is 1. The molecule has 0 bridgehead atoms. The minimum absolute atomic E-state index is 0.0440. The van der Waals surface area contributed by atoms with E-state index in [9.17, 15) is 14.4 Å². The molecule has 1 aliphatic carbocycles. The van der Waals surface area contributed by atoms with E-state index in [2.05, 4.69) is 11.8 Å². The number of methoxy groups -OCH3 is 1. The van der Waals surface area contributed by atoms with E-state index in [1.165, 1.54) is 7.11 Å². The highest BCUT2D eigenvalue weighted by Crippen LogP contribution is 2.48. The molecule has 3 rings (SSSR count). The maximum atomic E-state index is 13.1. The third kappa shape index (κ3) is 3.91. The molecule has 0 N–H and O–H groups in total. The fourth-order valence-electron chi connectivity index (χ4n) is 4.37. The summed E-state index contributed by atoms with van der Waals surface area (Å²) in [5.74, 6) is 4.89.